The van der Waals surface area contributed by atoms with Crippen LogP contribution in [0.3, 0.4) is 0 Å². The van der Waals surface area contributed by atoms with Gasteiger partial charge in [-0.1, -0.05) is 20.3 Å². The quantitative estimate of drug-likeness (QED) is 0.339. The third kappa shape index (κ3) is 17.1. The summed E-state index contributed by atoms with van der Waals surface area (Å²) in [6.07, 6.45) is 6.12. The van der Waals surface area contributed by atoms with Crippen molar-refractivity contribution in [3.05, 3.63) is 18.2 Å². The number of hydrogen-bond donors (Lipinski definition) is 1. The van der Waals surface area contributed by atoms with Gasteiger partial charge in [-0.05, 0) is 6.42 Å². The first-order valence-electron chi connectivity index (χ1n) is 4.50. The normalized spacial score (nSPS) is 11.3. The number of aromatic nitrogens is 2. The molecule has 1 aromatic rings. The molecule has 9 heteroatoms. The van der Waals surface area contributed by atoms with Crippen molar-refractivity contribution < 1.29 is 76.6 Å². The van der Waals surface area contributed by atoms with Gasteiger partial charge in [-0.25, -0.2) is 4.98 Å². The predicted octanol–water partition coefficient (Wildman–Crippen LogP) is -5.02. The first-order valence-corrected chi connectivity index (χ1v) is 5.84. The molecule has 0 aliphatic heterocycles. The predicted molar refractivity (Wildman–Crippen MR) is 52.4 cm³/mol. The Labute approximate surface area is 146 Å². The Hall–Kier alpha value is 1.08. The molecule has 0 saturated carbocycles. The molecule has 0 aliphatic rings. The van der Waals surface area contributed by atoms with Crippen molar-refractivity contribution in [3.63, 3.8) is 0 Å². The summed E-state index contributed by atoms with van der Waals surface area (Å²) in [6.45, 7) is 4.39. The van der Waals surface area contributed by atoms with E-state index >= 15 is 0 Å². The molecule has 6 nitrogen and oxygen atoms in total. The fraction of sp³-hybridized carbons (Fsp3) is 0.625. The van der Waals surface area contributed by atoms with Crippen LogP contribution in [-0.4, -0.2) is 27.5 Å². The Morgan fingerprint density at radius 1 is 1.41 bits per heavy atom. The van der Waals surface area contributed by atoms with Crippen molar-refractivity contribution in [3.8, 4) is 0 Å². The van der Waals surface area contributed by atoms with Crippen LogP contribution in [0, 0.1) is 0 Å². The average Bonchev–Trinajstić information content (AvgIpc) is 2.52. The van der Waals surface area contributed by atoms with Gasteiger partial charge in [0.25, 0.3) is 0 Å². The Balaban J connectivity index is -0.000000247. The van der Waals surface area contributed by atoms with Gasteiger partial charge in [0.15, 0.2) is 0 Å². The van der Waals surface area contributed by atoms with Gasteiger partial charge in [-0.15, -0.1) is 0 Å². The van der Waals surface area contributed by atoms with E-state index in [1.165, 1.54) is 12.8 Å². The van der Waals surface area contributed by atoms with E-state index in [9.17, 15) is 0 Å². The number of H-pyrrole nitrogens is 1. The summed E-state index contributed by atoms with van der Waals surface area (Å²) in [5.74, 6) is 1.70. The van der Waals surface area contributed by atoms with Gasteiger partial charge >= 0.3 is 59.1 Å². The molecule has 0 aromatic carbocycles. The van der Waals surface area contributed by atoms with Gasteiger partial charge in [0.1, 0.15) is 5.82 Å². The molecule has 0 bridgehead atoms. The zero-order valence-electron chi connectivity index (χ0n) is 10.6. The fourth-order valence-electron chi connectivity index (χ4n) is 1.12. The molecule has 1 atom stereocenters. The van der Waals surface area contributed by atoms with Gasteiger partial charge in [0, 0.05) is 28.7 Å². The second-order valence-corrected chi connectivity index (χ2v) is 3.89. The van der Waals surface area contributed by atoms with Crippen molar-refractivity contribution in [1.82, 2.24) is 9.97 Å². The van der Waals surface area contributed by atoms with Crippen molar-refractivity contribution in [2.45, 2.75) is 32.6 Å². The topological polar surface area (TPSA) is 109 Å². The Bertz CT molecular complexity index is 348. The maximum Gasteiger partial charge on any atom is 1.00 e. The molecule has 0 aliphatic carbocycles. The minimum atomic E-state index is -5.17. The van der Waals surface area contributed by atoms with Crippen molar-refractivity contribution in [2.75, 3.05) is 0 Å². The number of aromatic amines is 1. The van der Waals surface area contributed by atoms with E-state index in [4.69, 9.17) is 17.5 Å². The molecule has 1 unspecified atom stereocenters. The molecule has 0 saturated heterocycles. The maximum absolute atomic E-state index is 8.52. The third-order valence-electron chi connectivity index (χ3n) is 1.71. The van der Waals surface area contributed by atoms with Crippen molar-refractivity contribution in [2.24, 2.45) is 0 Å². The summed E-state index contributed by atoms with van der Waals surface area (Å²) < 4.78 is 34.1. The summed E-state index contributed by atoms with van der Waals surface area (Å²) in [4.78, 5) is 7.29. The zero-order chi connectivity index (χ0) is 11.9. The second-order valence-electron chi connectivity index (χ2n) is 3.07. The number of nitrogens with one attached hydrogen (secondary N) is 1. The molecular formula is C8H14N2Na2O4S. The molecule has 1 rings (SSSR count). The van der Waals surface area contributed by atoms with Gasteiger partial charge in [-0.3, -0.25) is 8.42 Å². The molecular weight excluding hydrogens is 266 g/mol. The van der Waals surface area contributed by atoms with Crippen LogP contribution in [0.1, 0.15) is 38.4 Å². The smallest absolute Gasteiger partial charge is 0.759 e. The minimum absolute atomic E-state index is 0. The first kappa shape index (κ1) is 23.2. The molecule has 0 radical (unpaired) electrons. The first-order chi connectivity index (χ1) is 6.84. The van der Waals surface area contributed by atoms with E-state index in [2.05, 4.69) is 23.8 Å². The Kier molecular flexibility index (Phi) is 16.6. The van der Waals surface area contributed by atoms with Gasteiger partial charge < -0.3 is 14.1 Å². The van der Waals surface area contributed by atoms with E-state index in [-0.39, 0.29) is 59.1 Å². The molecule has 0 spiro atoms. The van der Waals surface area contributed by atoms with Crippen LogP contribution in [-0.2, 0) is 10.4 Å². The molecule has 88 valence electrons. The van der Waals surface area contributed by atoms with E-state index < -0.39 is 10.4 Å². The van der Waals surface area contributed by atoms with Gasteiger partial charge in [0.05, 0.1) is 0 Å². The monoisotopic (exact) mass is 280 g/mol. The van der Waals surface area contributed by atoms with Crippen molar-refractivity contribution in [1.29, 1.82) is 0 Å². The van der Waals surface area contributed by atoms with E-state index in [1.807, 2.05) is 12.4 Å². The van der Waals surface area contributed by atoms with Crippen LogP contribution in [0.4, 0.5) is 0 Å². The molecule has 17 heavy (non-hydrogen) atoms. The van der Waals surface area contributed by atoms with Crippen LogP contribution in [0.5, 0.6) is 0 Å². The number of nitrogens with zero attached hydrogens (tertiary/aromatic N) is 1. The SMILES string of the molecule is CCCC(C)c1ncc[nH]1.O=S(=O)([O-])[O-].[Na+].[Na+]. The molecule has 1 heterocycles. The zero-order valence-corrected chi connectivity index (χ0v) is 15.5. The minimum Gasteiger partial charge on any atom is -0.759 e. The van der Waals surface area contributed by atoms with E-state index in [0.717, 1.165) is 5.82 Å². The second kappa shape index (κ2) is 12.1. The Morgan fingerprint density at radius 2 is 1.88 bits per heavy atom. The molecule has 0 amide bonds. The van der Waals surface area contributed by atoms with Crippen LogP contribution >= 0.6 is 0 Å². The van der Waals surface area contributed by atoms with E-state index in [1.54, 1.807) is 0 Å². The fourth-order valence-corrected chi connectivity index (χ4v) is 1.12. The van der Waals surface area contributed by atoms with Gasteiger partial charge in [0.2, 0.25) is 0 Å². The summed E-state index contributed by atoms with van der Waals surface area (Å²) in [6, 6.07) is 0. The molecule has 1 aromatic heterocycles. The van der Waals surface area contributed by atoms with Crippen LogP contribution < -0.4 is 59.1 Å². The van der Waals surface area contributed by atoms with Crippen molar-refractivity contribution >= 4 is 10.4 Å². The van der Waals surface area contributed by atoms with E-state index in [0.29, 0.717) is 5.92 Å². The number of imidazole rings is 1. The summed E-state index contributed by atoms with van der Waals surface area (Å²) >= 11 is 0. The average molecular weight is 280 g/mol. The van der Waals surface area contributed by atoms with Gasteiger partial charge in [-0.2, -0.15) is 0 Å². The summed E-state index contributed by atoms with van der Waals surface area (Å²) in [5, 5.41) is 0. The van der Waals surface area contributed by atoms with Crippen LogP contribution in [0.15, 0.2) is 12.4 Å². The largest absolute Gasteiger partial charge is 1.00 e. The van der Waals surface area contributed by atoms with Crippen LogP contribution in [0.2, 0.25) is 0 Å². The standard InChI is InChI=1S/C8H14N2.2Na.H2O4S/c1-3-4-7(2)8-9-5-6-10-8;;;1-5(2,3)4/h5-7H,3-4H2,1-2H3,(H,9,10);;;(H2,1,2,3,4)/q;2*+1;/p-2. The molecule has 1 N–H and O–H groups in total. The third-order valence-corrected chi connectivity index (χ3v) is 1.71. The van der Waals surface area contributed by atoms with Crippen LogP contribution in [0.25, 0.3) is 0 Å². The summed E-state index contributed by atoms with van der Waals surface area (Å²) in [5.41, 5.74) is 0. The maximum atomic E-state index is 8.52. The number of hydrogen-bond acceptors (Lipinski definition) is 5. The number of rotatable bonds is 3. The Morgan fingerprint density at radius 3 is 2.18 bits per heavy atom. The summed E-state index contributed by atoms with van der Waals surface area (Å²) in [7, 11) is -5.17. The molecule has 0 fully saturated rings.